The van der Waals surface area contributed by atoms with E-state index in [4.69, 9.17) is 10.1 Å². The number of carboxylic acid groups (broad SMARTS) is 1. The van der Waals surface area contributed by atoms with Crippen LogP contribution in [0.4, 0.5) is 11.4 Å². The summed E-state index contributed by atoms with van der Waals surface area (Å²) in [4.78, 5) is 35.4. The Balaban J connectivity index is 1.00. The molecule has 51 heavy (non-hydrogen) atoms. The number of anilines is 2. The topological polar surface area (TPSA) is 117 Å². The van der Waals surface area contributed by atoms with Gasteiger partial charge in [0.2, 0.25) is 0 Å². The zero-order valence-corrected chi connectivity index (χ0v) is 27.9. The predicted octanol–water partition coefficient (Wildman–Crippen LogP) is 8.94. The second kappa shape index (κ2) is 17.0. The molecular formula is C43H38N2O6. The Bertz CT molecular complexity index is 2070. The van der Waals surface area contributed by atoms with E-state index in [1.807, 2.05) is 109 Å². The lowest BCUT2D eigenvalue weighted by Crippen LogP contribution is -2.17. The van der Waals surface area contributed by atoms with Gasteiger partial charge in [0.25, 0.3) is 5.91 Å². The molecule has 6 aromatic carbocycles. The lowest BCUT2D eigenvalue weighted by Gasteiger charge is -2.13. The van der Waals surface area contributed by atoms with E-state index in [-0.39, 0.29) is 24.3 Å². The van der Waals surface area contributed by atoms with Crippen molar-refractivity contribution in [2.75, 3.05) is 10.8 Å². The highest BCUT2D eigenvalue weighted by Gasteiger charge is 2.18. The summed E-state index contributed by atoms with van der Waals surface area (Å²) in [5, 5.41) is 21.8. The van der Waals surface area contributed by atoms with Crippen LogP contribution in [0.15, 0.2) is 146 Å². The first-order valence-electron chi connectivity index (χ1n) is 16.6. The third-order valence-corrected chi connectivity index (χ3v) is 8.54. The summed E-state index contributed by atoms with van der Waals surface area (Å²) in [5.41, 5.74) is 12.6. The highest BCUT2D eigenvalue weighted by Crippen LogP contribution is 2.21. The average molecular weight is 679 g/mol. The van der Waals surface area contributed by atoms with E-state index in [0.29, 0.717) is 18.5 Å². The Hall–Kier alpha value is -6.06. The van der Waals surface area contributed by atoms with Crippen LogP contribution < -0.4 is 10.8 Å². The van der Waals surface area contributed by atoms with Crippen molar-refractivity contribution in [1.82, 2.24) is 0 Å². The molecule has 6 aromatic rings. The number of rotatable bonds is 15. The largest absolute Gasteiger partial charge is 0.478 e. The summed E-state index contributed by atoms with van der Waals surface area (Å²) in [6.45, 7) is 0.352. The Kier molecular flexibility index (Phi) is 11.6. The van der Waals surface area contributed by atoms with Crippen LogP contribution in [0.3, 0.4) is 0 Å². The van der Waals surface area contributed by atoms with Crippen molar-refractivity contribution in [2.45, 2.75) is 32.5 Å². The fourth-order valence-electron chi connectivity index (χ4n) is 5.90. The Morgan fingerprint density at radius 3 is 1.61 bits per heavy atom. The number of nitrogens with one attached hydrogen (secondary N) is 2. The summed E-state index contributed by atoms with van der Waals surface area (Å²) in [5.74, 6) is -1.63. The SMILES string of the molecule is O=C(O)c1cc(Cc2ccccc2)ccc1C(=O)Nc1ccc(Cc2ccc(NOCc3ccc(Cc4ccccc4)cc3COO)cc2)cc1. The standard InChI is InChI=1S/C43H38N2O6/c46-42(40-22-16-35(27-41(40)43(47)48)25-31-9-5-2-6-10-31)44-38-18-12-32(13-19-38)23-33-14-20-39(21-15-33)45-50-28-36-17-11-34(26-37(36)29-51-49)24-30-7-3-1-4-8-30/h1-22,26-27,45,49H,23-25,28-29H2,(H,44,46)(H,47,48). The van der Waals surface area contributed by atoms with E-state index in [1.165, 1.54) is 5.56 Å². The van der Waals surface area contributed by atoms with Crippen molar-refractivity contribution in [1.29, 1.82) is 0 Å². The van der Waals surface area contributed by atoms with Crippen LogP contribution >= 0.6 is 0 Å². The Morgan fingerprint density at radius 2 is 1.02 bits per heavy atom. The molecule has 4 N–H and O–H groups in total. The van der Waals surface area contributed by atoms with Gasteiger partial charge in [0.1, 0.15) is 6.61 Å². The van der Waals surface area contributed by atoms with Gasteiger partial charge in [-0.05, 0) is 100 Å². The minimum Gasteiger partial charge on any atom is -0.478 e. The van der Waals surface area contributed by atoms with Crippen molar-refractivity contribution < 1.29 is 29.7 Å². The predicted molar refractivity (Wildman–Crippen MR) is 198 cm³/mol. The molecule has 0 saturated heterocycles. The molecule has 256 valence electrons. The highest BCUT2D eigenvalue weighted by molar-refractivity contribution is 6.10. The Labute approximate surface area is 296 Å². The highest BCUT2D eigenvalue weighted by atomic mass is 17.1. The molecule has 8 heteroatoms. The van der Waals surface area contributed by atoms with Crippen LogP contribution in [0.1, 0.15) is 65.2 Å². The number of carbonyl (C=O) groups is 2. The lowest BCUT2D eigenvalue weighted by molar-refractivity contribution is -0.253. The number of amides is 1. The average Bonchev–Trinajstić information content (AvgIpc) is 3.15. The van der Waals surface area contributed by atoms with E-state index in [2.05, 4.69) is 33.9 Å². The number of aromatic carboxylic acids is 1. The van der Waals surface area contributed by atoms with Gasteiger partial charge >= 0.3 is 5.97 Å². The normalized spacial score (nSPS) is 10.8. The number of carboxylic acids is 1. The van der Waals surface area contributed by atoms with Gasteiger partial charge in [0, 0.05) is 5.69 Å². The molecular weight excluding hydrogens is 640 g/mol. The van der Waals surface area contributed by atoms with E-state index in [1.54, 1.807) is 18.2 Å². The van der Waals surface area contributed by atoms with Gasteiger partial charge in [-0.1, -0.05) is 109 Å². The first kappa shape index (κ1) is 34.8. The molecule has 0 heterocycles. The summed E-state index contributed by atoms with van der Waals surface area (Å²) in [6.07, 6.45) is 2.04. The third-order valence-electron chi connectivity index (χ3n) is 8.54. The van der Waals surface area contributed by atoms with Crippen LogP contribution in [-0.4, -0.2) is 22.2 Å². The first-order chi connectivity index (χ1) is 24.9. The fraction of sp³-hybridized carbons (Fsp3) is 0.116. The molecule has 0 spiro atoms. The minimum atomic E-state index is -1.15. The second-order valence-electron chi connectivity index (χ2n) is 12.3. The zero-order valence-electron chi connectivity index (χ0n) is 27.9. The van der Waals surface area contributed by atoms with Gasteiger partial charge in [-0.15, -0.1) is 0 Å². The first-order valence-corrected chi connectivity index (χ1v) is 16.6. The van der Waals surface area contributed by atoms with Crippen molar-refractivity contribution in [3.05, 3.63) is 201 Å². The maximum absolute atomic E-state index is 13.1. The van der Waals surface area contributed by atoms with Gasteiger partial charge in [0.15, 0.2) is 0 Å². The fourth-order valence-corrected chi connectivity index (χ4v) is 5.90. The number of hydrogen-bond acceptors (Lipinski definition) is 6. The number of carbonyl (C=O) groups excluding carboxylic acids is 1. The van der Waals surface area contributed by atoms with E-state index in [9.17, 15) is 14.7 Å². The Morgan fingerprint density at radius 1 is 0.510 bits per heavy atom. The van der Waals surface area contributed by atoms with Crippen molar-refractivity contribution >= 4 is 23.3 Å². The molecule has 0 aliphatic heterocycles. The van der Waals surface area contributed by atoms with Gasteiger partial charge < -0.3 is 10.4 Å². The molecule has 0 aliphatic rings. The smallest absolute Gasteiger partial charge is 0.336 e. The molecule has 0 fully saturated rings. The van der Waals surface area contributed by atoms with Gasteiger partial charge in [-0.3, -0.25) is 20.4 Å². The number of benzene rings is 6. The van der Waals surface area contributed by atoms with Crippen molar-refractivity contribution in [2.24, 2.45) is 0 Å². The molecule has 0 saturated carbocycles. The minimum absolute atomic E-state index is 0.0323. The molecule has 0 aromatic heterocycles. The zero-order chi connectivity index (χ0) is 35.4. The van der Waals surface area contributed by atoms with Crippen LogP contribution in [-0.2, 0) is 42.2 Å². The molecule has 0 bridgehead atoms. The summed E-state index contributed by atoms with van der Waals surface area (Å²) in [6, 6.07) is 46.4. The van der Waals surface area contributed by atoms with E-state index >= 15 is 0 Å². The van der Waals surface area contributed by atoms with E-state index < -0.39 is 11.9 Å². The third kappa shape index (κ3) is 9.77. The van der Waals surface area contributed by atoms with Gasteiger partial charge in [-0.25, -0.2) is 9.68 Å². The molecule has 0 aliphatic carbocycles. The molecule has 1 amide bonds. The van der Waals surface area contributed by atoms with Gasteiger partial charge in [-0.2, -0.15) is 0 Å². The summed E-state index contributed by atoms with van der Waals surface area (Å²) < 4.78 is 0. The van der Waals surface area contributed by atoms with Crippen LogP contribution in [0.2, 0.25) is 0 Å². The lowest BCUT2D eigenvalue weighted by atomic mass is 9.98. The summed E-state index contributed by atoms with van der Waals surface area (Å²) >= 11 is 0. The second-order valence-corrected chi connectivity index (χ2v) is 12.3. The molecule has 6 rings (SSSR count). The summed E-state index contributed by atoms with van der Waals surface area (Å²) in [7, 11) is 0. The van der Waals surface area contributed by atoms with Gasteiger partial charge in [0.05, 0.1) is 23.4 Å². The molecule has 8 nitrogen and oxygen atoms in total. The van der Waals surface area contributed by atoms with Crippen molar-refractivity contribution in [3.8, 4) is 0 Å². The van der Waals surface area contributed by atoms with Crippen LogP contribution in [0.25, 0.3) is 0 Å². The maximum Gasteiger partial charge on any atom is 0.336 e. The molecule has 0 unspecified atom stereocenters. The molecule has 0 atom stereocenters. The monoisotopic (exact) mass is 678 g/mol. The van der Waals surface area contributed by atoms with Crippen molar-refractivity contribution in [3.63, 3.8) is 0 Å². The number of hydrogen-bond donors (Lipinski definition) is 4. The maximum atomic E-state index is 13.1. The van der Waals surface area contributed by atoms with Crippen LogP contribution in [0.5, 0.6) is 0 Å². The van der Waals surface area contributed by atoms with Crippen LogP contribution in [0, 0.1) is 0 Å². The van der Waals surface area contributed by atoms with E-state index in [0.717, 1.165) is 51.1 Å². The quantitative estimate of drug-likeness (QED) is 0.0633. The molecule has 0 radical (unpaired) electrons.